The van der Waals surface area contributed by atoms with Crippen LogP contribution in [0.4, 0.5) is 0 Å². The van der Waals surface area contributed by atoms with E-state index in [1.807, 2.05) is 26.0 Å². The summed E-state index contributed by atoms with van der Waals surface area (Å²) in [5, 5.41) is 0. The van der Waals surface area contributed by atoms with Crippen LogP contribution in [0.15, 0.2) is 29.3 Å². The third-order valence-electron chi connectivity index (χ3n) is 3.24. The molecule has 0 aromatic heterocycles. The van der Waals surface area contributed by atoms with Crippen LogP contribution in [0.3, 0.4) is 0 Å². The van der Waals surface area contributed by atoms with Crippen LogP contribution in [0.2, 0.25) is 0 Å². The van der Waals surface area contributed by atoms with Gasteiger partial charge < -0.3 is 14.2 Å². The average molecular weight is 247 g/mol. The van der Waals surface area contributed by atoms with Gasteiger partial charge in [-0.3, -0.25) is 0 Å². The van der Waals surface area contributed by atoms with Crippen molar-refractivity contribution in [1.29, 1.82) is 0 Å². The Labute approximate surface area is 107 Å². The topological polar surface area (TPSA) is 40.0 Å². The molecule has 0 radical (unpaired) electrons. The SMILES string of the molecule is Cc1cccc(C2=N[C@H](C3OC(C)O3)[C@@H](C)O2)c1. The van der Waals surface area contributed by atoms with Gasteiger partial charge in [0.05, 0.1) is 0 Å². The molecule has 2 atom stereocenters. The number of rotatable bonds is 2. The Morgan fingerprint density at radius 1 is 1.17 bits per heavy atom. The zero-order valence-corrected chi connectivity index (χ0v) is 10.8. The van der Waals surface area contributed by atoms with Crippen molar-refractivity contribution in [2.24, 2.45) is 4.99 Å². The van der Waals surface area contributed by atoms with E-state index in [-0.39, 0.29) is 24.7 Å². The molecule has 0 aliphatic carbocycles. The molecule has 0 unspecified atom stereocenters. The lowest BCUT2D eigenvalue weighted by atomic mass is 10.1. The van der Waals surface area contributed by atoms with E-state index < -0.39 is 0 Å². The zero-order valence-electron chi connectivity index (χ0n) is 10.8. The molecule has 3 rings (SSSR count). The zero-order chi connectivity index (χ0) is 12.7. The minimum atomic E-state index is -0.266. The standard InChI is InChI=1S/C14H17NO3/c1-8-5-4-6-11(7-8)13-15-12(9(2)16-13)14-17-10(3)18-14/h4-7,9-10,12,14H,1-3H3/t9-,10?,12+,14?/m1/s1. The van der Waals surface area contributed by atoms with E-state index in [0.717, 1.165) is 5.56 Å². The number of hydrogen-bond acceptors (Lipinski definition) is 4. The summed E-state index contributed by atoms with van der Waals surface area (Å²) in [4.78, 5) is 4.58. The van der Waals surface area contributed by atoms with Gasteiger partial charge in [0, 0.05) is 5.56 Å². The molecule has 2 aliphatic heterocycles. The molecule has 4 nitrogen and oxygen atoms in total. The molecule has 2 aliphatic rings. The van der Waals surface area contributed by atoms with E-state index in [2.05, 4.69) is 24.0 Å². The van der Waals surface area contributed by atoms with Crippen molar-refractivity contribution in [3.63, 3.8) is 0 Å². The maximum atomic E-state index is 5.80. The Hall–Kier alpha value is -1.39. The second kappa shape index (κ2) is 4.37. The van der Waals surface area contributed by atoms with Gasteiger partial charge in [-0.15, -0.1) is 0 Å². The number of aryl methyl sites for hydroxylation is 1. The maximum absolute atomic E-state index is 5.80. The summed E-state index contributed by atoms with van der Waals surface area (Å²) in [6, 6.07) is 8.06. The molecule has 0 spiro atoms. The molecule has 96 valence electrons. The average Bonchev–Trinajstić information content (AvgIpc) is 2.67. The summed E-state index contributed by atoms with van der Waals surface area (Å²) >= 11 is 0. The van der Waals surface area contributed by atoms with Crippen molar-refractivity contribution in [3.8, 4) is 0 Å². The van der Waals surface area contributed by atoms with E-state index >= 15 is 0 Å². The monoisotopic (exact) mass is 247 g/mol. The van der Waals surface area contributed by atoms with Crippen LogP contribution in [0.1, 0.15) is 25.0 Å². The van der Waals surface area contributed by atoms with E-state index in [4.69, 9.17) is 14.2 Å². The first-order chi connectivity index (χ1) is 8.63. The van der Waals surface area contributed by atoms with Crippen LogP contribution in [-0.2, 0) is 14.2 Å². The molecule has 1 saturated heterocycles. The van der Waals surface area contributed by atoms with Gasteiger partial charge in [-0.1, -0.05) is 17.7 Å². The Bertz CT molecular complexity index is 480. The summed E-state index contributed by atoms with van der Waals surface area (Å²) in [5.41, 5.74) is 2.20. The minimum Gasteiger partial charge on any atom is -0.472 e. The largest absolute Gasteiger partial charge is 0.472 e. The van der Waals surface area contributed by atoms with Crippen molar-refractivity contribution in [1.82, 2.24) is 0 Å². The normalized spacial score (nSPS) is 34.7. The molecule has 1 fully saturated rings. The highest BCUT2D eigenvalue weighted by molar-refractivity contribution is 5.95. The van der Waals surface area contributed by atoms with Gasteiger partial charge in [0.1, 0.15) is 12.1 Å². The van der Waals surface area contributed by atoms with Crippen molar-refractivity contribution in [2.75, 3.05) is 0 Å². The second-order valence-electron chi connectivity index (χ2n) is 4.83. The molecule has 0 amide bonds. The second-order valence-corrected chi connectivity index (χ2v) is 4.83. The lowest BCUT2D eigenvalue weighted by molar-refractivity contribution is -0.383. The molecular formula is C14H17NO3. The van der Waals surface area contributed by atoms with Crippen molar-refractivity contribution < 1.29 is 14.2 Å². The quantitative estimate of drug-likeness (QED) is 0.804. The van der Waals surface area contributed by atoms with Gasteiger partial charge in [0.25, 0.3) is 0 Å². The van der Waals surface area contributed by atoms with E-state index in [1.54, 1.807) is 0 Å². The van der Waals surface area contributed by atoms with Crippen LogP contribution in [0.25, 0.3) is 0 Å². The highest BCUT2D eigenvalue weighted by Crippen LogP contribution is 2.29. The van der Waals surface area contributed by atoms with Gasteiger partial charge in [-0.25, -0.2) is 4.99 Å². The van der Waals surface area contributed by atoms with Gasteiger partial charge in [-0.05, 0) is 32.9 Å². The first kappa shape index (κ1) is 11.7. The fourth-order valence-electron chi connectivity index (χ4n) is 2.27. The highest BCUT2D eigenvalue weighted by Gasteiger charge is 2.42. The molecule has 18 heavy (non-hydrogen) atoms. The molecule has 1 aromatic carbocycles. The van der Waals surface area contributed by atoms with Crippen LogP contribution >= 0.6 is 0 Å². The van der Waals surface area contributed by atoms with Crippen LogP contribution < -0.4 is 0 Å². The van der Waals surface area contributed by atoms with Crippen LogP contribution in [0, 0.1) is 6.92 Å². The first-order valence-electron chi connectivity index (χ1n) is 6.26. The number of aliphatic imine (C=N–C) groups is 1. The number of ether oxygens (including phenoxy) is 3. The van der Waals surface area contributed by atoms with E-state index in [9.17, 15) is 0 Å². The summed E-state index contributed by atoms with van der Waals surface area (Å²) in [5.74, 6) is 0.683. The van der Waals surface area contributed by atoms with Crippen LogP contribution in [-0.4, -0.2) is 30.6 Å². The molecule has 1 aromatic rings. The summed E-state index contributed by atoms with van der Waals surface area (Å²) in [6.45, 7) is 5.93. The summed E-state index contributed by atoms with van der Waals surface area (Å²) in [6.07, 6.45) is -0.407. The lowest BCUT2D eigenvalue weighted by Gasteiger charge is -2.36. The molecule has 2 heterocycles. The van der Waals surface area contributed by atoms with Crippen molar-refractivity contribution in [3.05, 3.63) is 35.4 Å². The predicted octanol–water partition coefficient (Wildman–Crippen LogP) is 2.25. The Kier molecular flexibility index (Phi) is 2.84. The van der Waals surface area contributed by atoms with Gasteiger partial charge >= 0.3 is 0 Å². The third-order valence-corrected chi connectivity index (χ3v) is 3.24. The highest BCUT2D eigenvalue weighted by atomic mass is 16.9. The van der Waals surface area contributed by atoms with Gasteiger partial charge in [-0.2, -0.15) is 0 Å². The molecule has 4 heteroatoms. The smallest absolute Gasteiger partial charge is 0.217 e. The first-order valence-corrected chi connectivity index (χ1v) is 6.26. The number of benzene rings is 1. The molecule has 0 bridgehead atoms. The lowest BCUT2D eigenvalue weighted by Crippen LogP contribution is -2.48. The molecule has 0 saturated carbocycles. The molecule has 0 N–H and O–H groups in total. The predicted molar refractivity (Wildman–Crippen MR) is 67.5 cm³/mol. The Morgan fingerprint density at radius 2 is 1.94 bits per heavy atom. The van der Waals surface area contributed by atoms with E-state index in [0.29, 0.717) is 5.90 Å². The Balaban J connectivity index is 1.80. The minimum absolute atomic E-state index is 0.0157. The van der Waals surface area contributed by atoms with Crippen molar-refractivity contribution >= 4 is 5.90 Å². The van der Waals surface area contributed by atoms with Crippen molar-refractivity contribution in [2.45, 2.75) is 45.5 Å². The fraction of sp³-hybridized carbons (Fsp3) is 0.500. The van der Waals surface area contributed by atoms with Gasteiger partial charge in [0.2, 0.25) is 5.90 Å². The number of nitrogens with zero attached hydrogens (tertiary/aromatic N) is 1. The fourth-order valence-corrected chi connectivity index (χ4v) is 2.27. The van der Waals surface area contributed by atoms with Gasteiger partial charge in [0.15, 0.2) is 12.6 Å². The number of hydrogen-bond donors (Lipinski definition) is 0. The Morgan fingerprint density at radius 3 is 2.61 bits per heavy atom. The summed E-state index contributed by atoms with van der Waals surface area (Å²) in [7, 11) is 0. The van der Waals surface area contributed by atoms with Crippen LogP contribution in [0.5, 0.6) is 0 Å². The van der Waals surface area contributed by atoms with E-state index in [1.165, 1.54) is 5.56 Å². The maximum Gasteiger partial charge on any atom is 0.217 e. The summed E-state index contributed by atoms with van der Waals surface area (Å²) < 4.78 is 16.8. The third kappa shape index (κ3) is 2.02. The molecular weight excluding hydrogens is 230 g/mol.